The van der Waals surface area contributed by atoms with Gasteiger partial charge >= 0.3 is 0 Å². The minimum Gasteiger partial charge on any atom is -0.467 e. The summed E-state index contributed by atoms with van der Waals surface area (Å²) in [5, 5.41) is 6.23. The van der Waals surface area contributed by atoms with Crippen LogP contribution in [0.5, 0.6) is 0 Å². The van der Waals surface area contributed by atoms with E-state index in [1.54, 1.807) is 17.5 Å². The van der Waals surface area contributed by atoms with E-state index in [1.165, 1.54) is 19.4 Å². The maximum atomic E-state index is 13.2. The molecule has 0 aliphatic carbocycles. The Labute approximate surface area is 183 Å². The standard InChI is InChI=1S/C23H31N5O3/c1-25-8-2-5-18(16-25)27-11-9-26(10-12-27)17-23(29)28-20(22-7-4-14-31-22)15-19(24-28)21-6-3-13-30-21/h3-4,6-7,13-14,18,20H,2,5,8-12,15-17H2,1H3. The van der Waals surface area contributed by atoms with E-state index in [2.05, 4.69) is 26.8 Å². The van der Waals surface area contributed by atoms with E-state index in [1.807, 2.05) is 24.3 Å². The van der Waals surface area contributed by atoms with E-state index in [0.29, 0.717) is 24.8 Å². The molecule has 2 atom stereocenters. The zero-order valence-electron chi connectivity index (χ0n) is 18.2. The van der Waals surface area contributed by atoms with Crippen molar-refractivity contribution in [1.82, 2.24) is 19.7 Å². The van der Waals surface area contributed by atoms with Crippen LogP contribution in [-0.2, 0) is 4.79 Å². The van der Waals surface area contributed by atoms with Crippen LogP contribution in [0.2, 0.25) is 0 Å². The average molecular weight is 426 g/mol. The van der Waals surface area contributed by atoms with Crippen molar-refractivity contribution >= 4 is 11.6 Å². The summed E-state index contributed by atoms with van der Waals surface area (Å²) in [6.45, 7) is 6.62. The molecule has 2 fully saturated rings. The van der Waals surface area contributed by atoms with Crippen molar-refractivity contribution in [3.63, 3.8) is 0 Å². The minimum atomic E-state index is -0.221. The lowest BCUT2D eigenvalue weighted by molar-refractivity contribution is -0.135. The quantitative estimate of drug-likeness (QED) is 0.732. The van der Waals surface area contributed by atoms with Gasteiger partial charge in [-0.2, -0.15) is 5.10 Å². The predicted octanol–water partition coefficient (Wildman–Crippen LogP) is 2.26. The number of hydrazone groups is 1. The highest BCUT2D eigenvalue weighted by atomic mass is 16.3. The molecule has 8 nitrogen and oxygen atoms in total. The summed E-state index contributed by atoms with van der Waals surface area (Å²) in [5.74, 6) is 1.47. The number of furan rings is 2. The topological polar surface area (TPSA) is 68.7 Å². The van der Waals surface area contributed by atoms with E-state index >= 15 is 0 Å². The molecule has 0 bridgehead atoms. The van der Waals surface area contributed by atoms with Crippen LogP contribution < -0.4 is 0 Å². The van der Waals surface area contributed by atoms with Crippen molar-refractivity contribution in [2.75, 3.05) is 52.9 Å². The number of carbonyl (C=O) groups is 1. The first kappa shape index (κ1) is 20.5. The Kier molecular flexibility index (Phi) is 5.93. The van der Waals surface area contributed by atoms with E-state index in [-0.39, 0.29) is 11.9 Å². The summed E-state index contributed by atoms with van der Waals surface area (Å²) >= 11 is 0. The lowest BCUT2D eigenvalue weighted by Crippen LogP contribution is -2.55. The number of hydrogen-bond donors (Lipinski definition) is 0. The van der Waals surface area contributed by atoms with Gasteiger partial charge in [-0.25, -0.2) is 5.01 Å². The first-order chi connectivity index (χ1) is 15.2. The molecule has 0 spiro atoms. The summed E-state index contributed by atoms with van der Waals surface area (Å²) in [6, 6.07) is 7.92. The van der Waals surface area contributed by atoms with Crippen LogP contribution in [0.1, 0.15) is 36.8 Å². The fourth-order valence-electron chi connectivity index (χ4n) is 5.02. The molecule has 2 unspecified atom stereocenters. The molecule has 1 amide bonds. The molecule has 0 radical (unpaired) electrons. The lowest BCUT2D eigenvalue weighted by Gasteiger charge is -2.42. The van der Waals surface area contributed by atoms with Gasteiger partial charge in [-0.15, -0.1) is 0 Å². The Morgan fingerprint density at radius 3 is 2.61 bits per heavy atom. The van der Waals surface area contributed by atoms with Crippen molar-refractivity contribution in [2.24, 2.45) is 5.10 Å². The largest absolute Gasteiger partial charge is 0.467 e. The zero-order valence-corrected chi connectivity index (χ0v) is 18.2. The monoisotopic (exact) mass is 425 g/mol. The number of carbonyl (C=O) groups excluding carboxylic acids is 1. The molecule has 5 rings (SSSR count). The molecule has 0 saturated carbocycles. The van der Waals surface area contributed by atoms with Gasteiger partial charge in [0.1, 0.15) is 23.3 Å². The molecule has 5 heterocycles. The number of amides is 1. The Bertz CT molecular complexity index is 886. The lowest BCUT2D eigenvalue weighted by atomic mass is 10.0. The van der Waals surface area contributed by atoms with Crippen LogP contribution in [0.4, 0.5) is 0 Å². The smallest absolute Gasteiger partial charge is 0.257 e. The normalized spacial score (nSPS) is 26.4. The summed E-state index contributed by atoms with van der Waals surface area (Å²) in [4.78, 5) is 20.5. The van der Waals surface area contributed by atoms with Gasteiger partial charge < -0.3 is 13.7 Å². The van der Waals surface area contributed by atoms with Crippen LogP contribution >= 0.6 is 0 Å². The maximum absolute atomic E-state index is 13.2. The molecule has 3 aliphatic heterocycles. The third kappa shape index (κ3) is 4.46. The van der Waals surface area contributed by atoms with Crippen LogP contribution in [-0.4, -0.2) is 90.2 Å². The zero-order chi connectivity index (χ0) is 21.2. The number of hydrogen-bond acceptors (Lipinski definition) is 7. The number of nitrogens with zero attached hydrogens (tertiary/aromatic N) is 5. The van der Waals surface area contributed by atoms with Gasteiger partial charge in [-0.3, -0.25) is 14.6 Å². The fourth-order valence-corrected chi connectivity index (χ4v) is 5.02. The average Bonchev–Trinajstić information content (AvgIpc) is 3.55. The second-order valence-corrected chi connectivity index (χ2v) is 8.87. The highest BCUT2D eigenvalue weighted by molar-refractivity contribution is 6.01. The molecular weight excluding hydrogens is 394 g/mol. The third-order valence-corrected chi connectivity index (χ3v) is 6.72. The summed E-state index contributed by atoms with van der Waals surface area (Å²) in [6.07, 6.45) is 6.43. The van der Waals surface area contributed by atoms with Gasteiger partial charge in [0.2, 0.25) is 0 Å². The number of piperazine rings is 1. The fraction of sp³-hybridized carbons (Fsp3) is 0.565. The van der Waals surface area contributed by atoms with Gasteiger partial charge in [0.15, 0.2) is 0 Å². The highest BCUT2D eigenvalue weighted by Gasteiger charge is 2.37. The van der Waals surface area contributed by atoms with E-state index in [0.717, 1.165) is 44.2 Å². The SMILES string of the molecule is CN1CCCC(N2CCN(CC(=O)N3N=C(c4ccco4)CC3c3ccco3)CC2)C1. The Morgan fingerprint density at radius 2 is 1.90 bits per heavy atom. The van der Waals surface area contributed by atoms with Gasteiger partial charge in [-0.05, 0) is 50.7 Å². The molecule has 2 saturated heterocycles. The molecule has 31 heavy (non-hydrogen) atoms. The Hall–Kier alpha value is -2.42. The molecule has 0 N–H and O–H groups in total. The van der Waals surface area contributed by atoms with Gasteiger partial charge in [0.25, 0.3) is 5.91 Å². The molecule has 2 aromatic rings. The summed E-state index contributed by atoms with van der Waals surface area (Å²) in [5.41, 5.74) is 0.783. The highest BCUT2D eigenvalue weighted by Crippen LogP contribution is 2.33. The summed E-state index contributed by atoms with van der Waals surface area (Å²) in [7, 11) is 2.21. The molecule has 3 aliphatic rings. The first-order valence-electron chi connectivity index (χ1n) is 11.3. The van der Waals surface area contributed by atoms with Gasteiger partial charge in [0, 0.05) is 45.2 Å². The second-order valence-electron chi connectivity index (χ2n) is 8.87. The second kappa shape index (κ2) is 8.98. The molecular formula is C23H31N5O3. The van der Waals surface area contributed by atoms with Crippen LogP contribution in [0.3, 0.4) is 0 Å². The van der Waals surface area contributed by atoms with Crippen molar-refractivity contribution in [3.05, 3.63) is 48.3 Å². The predicted molar refractivity (Wildman–Crippen MR) is 117 cm³/mol. The number of piperidine rings is 1. The maximum Gasteiger partial charge on any atom is 0.257 e. The molecule has 0 aromatic carbocycles. The summed E-state index contributed by atoms with van der Waals surface area (Å²) < 4.78 is 11.1. The van der Waals surface area contributed by atoms with E-state index < -0.39 is 0 Å². The van der Waals surface area contributed by atoms with Crippen molar-refractivity contribution in [1.29, 1.82) is 0 Å². The molecule has 8 heteroatoms. The minimum absolute atomic E-state index is 0.00815. The Balaban J connectivity index is 1.22. The number of likely N-dealkylation sites (tertiary alicyclic amines) is 1. The number of likely N-dealkylation sites (N-methyl/N-ethyl adjacent to an activating group) is 1. The Morgan fingerprint density at radius 1 is 1.10 bits per heavy atom. The third-order valence-electron chi connectivity index (χ3n) is 6.72. The van der Waals surface area contributed by atoms with Crippen molar-refractivity contribution < 1.29 is 13.6 Å². The number of rotatable bonds is 5. The van der Waals surface area contributed by atoms with Crippen LogP contribution in [0.25, 0.3) is 0 Å². The van der Waals surface area contributed by atoms with Gasteiger partial charge in [0.05, 0.1) is 19.1 Å². The van der Waals surface area contributed by atoms with Gasteiger partial charge in [-0.1, -0.05) is 0 Å². The van der Waals surface area contributed by atoms with Crippen molar-refractivity contribution in [3.8, 4) is 0 Å². The first-order valence-corrected chi connectivity index (χ1v) is 11.3. The van der Waals surface area contributed by atoms with Crippen LogP contribution in [0, 0.1) is 0 Å². The van der Waals surface area contributed by atoms with Crippen molar-refractivity contribution in [2.45, 2.75) is 31.3 Å². The van der Waals surface area contributed by atoms with Crippen LogP contribution in [0.15, 0.2) is 50.7 Å². The van der Waals surface area contributed by atoms with E-state index in [4.69, 9.17) is 8.83 Å². The molecule has 2 aromatic heterocycles. The molecule has 166 valence electrons. The van der Waals surface area contributed by atoms with E-state index in [9.17, 15) is 4.79 Å².